The molecule has 0 spiro atoms. The van der Waals surface area contributed by atoms with Gasteiger partial charge in [0.25, 0.3) is 0 Å². The highest BCUT2D eigenvalue weighted by Crippen LogP contribution is 2.30. The van der Waals surface area contributed by atoms with Gasteiger partial charge < -0.3 is 15.4 Å². The molecule has 1 heterocycles. The Morgan fingerprint density at radius 1 is 1.41 bits per heavy atom. The van der Waals surface area contributed by atoms with Crippen LogP contribution in [0.25, 0.3) is 0 Å². The van der Waals surface area contributed by atoms with Crippen LogP contribution in [0.2, 0.25) is 0 Å². The monoisotopic (exact) mass is 250 g/mol. The van der Waals surface area contributed by atoms with Gasteiger partial charge in [-0.3, -0.25) is 0 Å². The van der Waals surface area contributed by atoms with Crippen molar-refractivity contribution >= 4 is 17.3 Å². The minimum absolute atomic E-state index is 0.213. The molecule has 2 N–H and O–H groups in total. The van der Waals surface area contributed by atoms with Gasteiger partial charge in [0.05, 0.1) is 6.04 Å². The molecular weight excluding hydrogens is 232 g/mol. The van der Waals surface area contributed by atoms with Crippen molar-refractivity contribution < 1.29 is 4.74 Å². The highest BCUT2D eigenvalue weighted by Gasteiger charge is 2.36. The summed E-state index contributed by atoms with van der Waals surface area (Å²) >= 11 is 5.26. The largest absolute Gasteiger partial charge is 0.359 e. The van der Waals surface area contributed by atoms with Gasteiger partial charge in [0.15, 0.2) is 5.11 Å². The van der Waals surface area contributed by atoms with Crippen molar-refractivity contribution in [1.29, 1.82) is 0 Å². The van der Waals surface area contributed by atoms with E-state index in [0.29, 0.717) is 5.11 Å². The molecule has 1 fully saturated rings. The summed E-state index contributed by atoms with van der Waals surface area (Å²) in [5.41, 5.74) is 0.897. The standard InChI is InChI=1S/C13H18N2OS/c1-3-13(16-2)9-11(14-12(17)15-13)10-7-5-4-6-8-10/h4-8,11H,3,9H2,1-2H3,(H2,14,15,17)/t11-,13+/m0/s1. The molecule has 17 heavy (non-hydrogen) atoms. The van der Waals surface area contributed by atoms with Crippen molar-refractivity contribution in [3.05, 3.63) is 35.9 Å². The van der Waals surface area contributed by atoms with Crippen molar-refractivity contribution in [2.24, 2.45) is 0 Å². The number of benzene rings is 1. The molecule has 1 aliphatic rings. The van der Waals surface area contributed by atoms with E-state index in [0.717, 1.165) is 12.8 Å². The highest BCUT2D eigenvalue weighted by atomic mass is 32.1. The third-order valence-electron chi connectivity index (χ3n) is 3.34. The lowest BCUT2D eigenvalue weighted by Gasteiger charge is -2.42. The van der Waals surface area contributed by atoms with Gasteiger partial charge in [-0.05, 0) is 24.2 Å². The van der Waals surface area contributed by atoms with Crippen LogP contribution in [0, 0.1) is 0 Å². The zero-order valence-electron chi connectivity index (χ0n) is 10.2. The third-order valence-corrected chi connectivity index (χ3v) is 3.56. The van der Waals surface area contributed by atoms with E-state index in [2.05, 4.69) is 29.7 Å². The SMILES string of the molecule is CC[C@@]1(OC)C[C@@H](c2ccccc2)NC(=S)N1. The number of nitrogens with one attached hydrogen (secondary N) is 2. The summed E-state index contributed by atoms with van der Waals surface area (Å²) in [5.74, 6) is 0. The fourth-order valence-electron chi connectivity index (χ4n) is 2.23. The minimum Gasteiger partial charge on any atom is -0.359 e. The Bertz CT molecular complexity index is 390. The summed E-state index contributed by atoms with van der Waals surface area (Å²) in [6.07, 6.45) is 1.75. The van der Waals surface area contributed by atoms with Crippen molar-refractivity contribution in [1.82, 2.24) is 10.6 Å². The first-order valence-corrected chi connectivity index (χ1v) is 6.29. The summed E-state index contributed by atoms with van der Waals surface area (Å²) in [7, 11) is 1.73. The van der Waals surface area contributed by atoms with Crippen LogP contribution in [0.1, 0.15) is 31.4 Å². The van der Waals surface area contributed by atoms with Gasteiger partial charge >= 0.3 is 0 Å². The van der Waals surface area contributed by atoms with Crippen LogP contribution in [-0.4, -0.2) is 17.9 Å². The van der Waals surface area contributed by atoms with E-state index in [9.17, 15) is 0 Å². The summed E-state index contributed by atoms with van der Waals surface area (Å²) in [5, 5.41) is 7.18. The quantitative estimate of drug-likeness (QED) is 0.807. The zero-order chi connectivity index (χ0) is 12.3. The maximum Gasteiger partial charge on any atom is 0.168 e. The number of ether oxygens (including phenoxy) is 1. The number of hydrogen-bond acceptors (Lipinski definition) is 2. The molecule has 0 aliphatic carbocycles. The Morgan fingerprint density at radius 2 is 2.12 bits per heavy atom. The molecule has 0 bridgehead atoms. The first kappa shape index (κ1) is 12.3. The molecule has 4 heteroatoms. The highest BCUT2D eigenvalue weighted by molar-refractivity contribution is 7.80. The molecule has 1 saturated heterocycles. The molecule has 0 radical (unpaired) electrons. The van der Waals surface area contributed by atoms with Crippen LogP contribution in [0.5, 0.6) is 0 Å². The second-order valence-electron chi connectivity index (χ2n) is 4.32. The Kier molecular flexibility index (Phi) is 3.64. The van der Waals surface area contributed by atoms with Gasteiger partial charge in [-0.15, -0.1) is 0 Å². The molecule has 0 aromatic heterocycles. The number of rotatable bonds is 3. The lowest BCUT2D eigenvalue weighted by Crippen LogP contribution is -2.59. The maximum atomic E-state index is 5.61. The van der Waals surface area contributed by atoms with Crippen LogP contribution in [0.15, 0.2) is 30.3 Å². The molecule has 2 atom stereocenters. The van der Waals surface area contributed by atoms with E-state index in [1.807, 2.05) is 18.2 Å². The molecule has 0 amide bonds. The van der Waals surface area contributed by atoms with Crippen LogP contribution < -0.4 is 10.6 Å². The van der Waals surface area contributed by atoms with Crippen molar-refractivity contribution in [3.63, 3.8) is 0 Å². The topological polar surface area (TPSA) is 33.3 Å². The van der Waals surface area contributed by atoms with Crippen LogP contribution >= 0.6 is 12.2 Å². The number of methoxy groups -OCH3 is 1. The molecule has 1 aliphatic heterocycles. The third kappa shape index (κ3) is 2.58. The molecule has 92 valence electrons. The normalized spacial score (nSPS) is 28.4. The fraction of sp³-hybridized carbons (Fsp3) is 0.462. The van der Waals surface area contributed by atoms with Crippen LogP contribution in [0.4, 0.5) is 0 Å². The molecule has 2 rings (SSSR count). The first-order valence-electron chi connectivity index (χ1n) is 5.88. The van der Waals surface area contributed by atoms with Crippen molar-refractivity contribution in [2.75, 3.05) is 7.11 Å². The Morgan fingerprint density at radius 3 is 2.71 bits per heavy atom. The van der Waals surface area contributed by atoms with Gasteiger partial charge in [-0.25, -0.2) is 0 Å². The number of thiocarbonyl (C=S) groups is 1. The van der Waals surface area contributed by atoms with Gasteiger partial charge in [-0.2, -0.15) is 0 Å². The van der Waals surface area contributed by atoms with E-state index >= 15 is 0 Å². The molecule has 1 aromatic rings. The summed E-state index contributed by atoms with van der Waals surface area (Å²) in [4.78, 5) is 0. The van der Waals surface area contributed by atoms with Crippen molar-refractivity contribution in [3.8, 4) is 0 Å². The summed E-state index contributed by atoms with van der Waals surface area (Å²) in [6.45, 7) is 2.10. The van der Waals surface area contributed by atoms with Crippen LogP contribution in [0.3, 0.4) is 0 Å². The molecular formula is C13H18N2OS. The van der Waals surface area contributed by atoms with Crippen molar-refractivity contribution in [2.45, 2.75) is 31.5 Å². The fourth-order valence-corrected chi connectivity index (χ4v) is 2.56. The summed E-state index contributed by atoms with van der Waals surface area (Å²) < 4.78 is 5.61. The lowest BCUT2D eigenvalue weighted by atomic mass is 9.93. The van der Waals surface area contributed by atoms with E-state index in [4.69, 9.17) is 17.0 Å². The maximum absolute atomic E-state index is 5.61. The molecule has 0 unspecified atom stereocenters. The van der Waals surface area contributed by atoms with Gasteiger partial charge in [0.1, 0.15) is 5.72 Å². The Balaban J connectivity index is 2.22. The summed E-state index contributed by atoms with van der Waals surface area (Å²) in [6, 6.07) is 10.5. The predicted octanol–water partition coefficient (Wildman–Crippen LogP) is 2.35. The van der Waals surface area contributed by atoms with Crippen LogP contribution in [-0.2, 0) is 4.74 Å². The van der Waals surface area contributed by atoms with E-state index in [1.165, 1.54) is 5.56 Å². The average molecular weight is 250 g/mol. The first-order chi connectivity index (χ1) is 8.19. The van der Waals surface area contributed by atoms with Gasteiger partial charge in [0.2, 0.25) is 0 Å². The molecule has 1 aromatic carbocycles. The molecule has 0 saturated carbocycles. The van der Waals surface area contributed by atoms with Gasteiger partial charge in [-0.1, -0.05) is 37.3 Å². The Labute approximate surface area is 108 Å². The Hall–Kier alpha value is -1.13. The second kappa shape index (κ2) is 5.02. The minimum atomic E-state index is -0.344. The zero-order valence-corrected chi connectivity index (χ0v) is 11.0. The molecule has 3 nitrogen and oxygen atoms in total. The van der Waals surface area contributed by atoms with E-state index in [-0.39, 0.29) is 11.8 Å². The smallest absolute Gasteiger partial charge is 0.168 e. The van der Waals surface area contributed by atoms with Gasteiger partial charge in [0, 0.05) is 13.5 Å². The lowest BCUT2D eigenvalue weighted by molar-refractivity contribution is -0.0473. The van der Waals surface area contributed by atoms with E-state index in [1.54, 1.807) is 7.11 Å². The van der Waals surface area contributed by atoms with E-state index < -0.39 is 0 Å². The predicted molar refractivity (Wildman–Crippen MR) is 72.7 cm³/mol. The second-order valence-corrected chi connectivity index (χ2v) is 4.73. The number of hydrogen-bond donors (Lipinski definition) is 2. The average Bonchev–Trinajstić information content (AvgIpc) is 2.39.